The van der Waals surface area contributed by atoms with Gasteiger partial charge in [0.15, 0.2) is 0 Å². The molecule has 0 atom stereocenters. The van der Waals surface area contributed by atoms with Crippen LogP contribution < -0.4 is 10.5 Å². The Morgan fingerprint density at radius 2 is 2.05 bits per heavy atom. The molecule has 0 saturated carbocycles. The van der Waals surface area contributed by atoms with Crippen LogP contribution >= 0.6 is 27.5 Å². The number of benzene rings is 1. The summed E-state index contributed by atoms with van der Waals surface area (Å²) in [6.07, 6.45) is 0. The van der Waals surface area contributed by atoms with Crippen molar-refractivity contribution in [2.45, 2.75) is 4.90 Å². The second-order valence-corrected chi connectivity index (χ2v) is 6.88. The Labute approximate surface area is 125 Å². The Balaban J connectivity index is 3.05. The smallest absolute Gasteiger partial charge is 0.242 e. The lowest BCUT2D eigenvalue weighted by molar-refractivity contribution is -0.127. The first kappa shape index (κ1) is 16.2. The normalized spacial score (nSPS) is 11.4. The van der Waals surface area contributed by atoms with Gasteiger partial charge in [0.2, 0.25) is 15.9 Å². The fourth-order valence-electron chi connectivity index (χ4n) is 1.17. The molecule has 0 fully saturated rings. The number of amides is 1. The highest BCUT2D eigenvalue weighted by molar-refractivity contribution is 9.10. The topological polar surface area (TPSA) is 92.5 Å². The summed E-state index contributed by atoms with van der Waals surface area (Å²) in [7, 11) is -0.810. The minimum absolute atomic E-state index is 0.107. The number of hydrogen-bond donors (Lipinski definition) is 2. The van der Waals surface area contributed by atoms with Crippen LogP contribution in [0.15, 0.2) is 21.5 Å². The van der Waals surface area contributed by atoms with Crippen molar-refractivity contribution in [3.63, 3.8) is 0 Å². The molecule has 1 rings (SSSR count). The molecule has 0 aliphatic carbocycles. The van der Waals surface area contributed by atoms with Crippen LogP contribution in [-0.2, 0) is 14.8 Å². The first-order valence-electron chi connectivity index (χ1n) is 5.09. The second-order valence-electron chi connectivity index (χ2n) is 3.92. The molecule has 106 valence electrons. The average molecular weight is 371 g/mol. The fraction of sp³-hybridized carbons (Fsp3) is 0.300. The van der Waals surface area contributed by atoms with Crippen molar-refractivity contribution < 1.29 is 13.2 Å². The number of nitrogen functional groups attached to an aromatic ring is 1. The van der Waals surface area contributed by atoms with E-state index in [0.717, 1.165) is 0 Å². The Bertz CT molecular complexity index is 604. The van der Waals surface area contributed by atoms with Gasteiger partial charge in [0.1, 0.15) is 0 Å². The number of nitrogens with two attached hydrogens (primary N) is 1. The molecule has 6 nitrogen and oxygen atoms in total. The van der Waals surface area contributed by atoms with Gasteiger partial charge in [-0.25, -0.2) is 13.1 Å². The van der Waals surface area contributed by atoms with E-state index >= 15 is 0 Å². The number of rotatable bonds is 4. The maximum Gasteiger partial charge on any atom is 0.242 e. The Morgan fingerprint density at radius 3 is 2.58 bits per heavy atom. The Morgan fingerprint density at radius 1 is 1.47 bits per heavy atom. The molecule has 1 aromatic carbocycles. The van der Waals surface area contributed by atoms with Gasteiger partial charge in [0, 0.05) is 24.8 Å². The van der Waals surface area contributed by atoms with Crippen molar-refractivity contribution in [3.8, 4) is 0 Å². The van der Waals surface area contributed by atoms with E-state index in [1.165, 1.54) is 31.1 Å². The molecule has 3 N–H and O–H groups in total. The predicted molar refractivity (Wildman–Crippen MR) is 77.4 cm³/mol. The van der Waals surface area contributed by atoms with Gasteiger partial charge in [-0.05, 0) is 28.1 Å². The van der Waals surface area contributed by atoms with E-state index in [1.54, 1.807) is 0 Å². The van der Waals surface area contributed by atoms with E-state index in [1.807, 2.05) is 0 Å². The summed E-state index contributed by atoms with van der Waals surface area (Å²) in [5.41, 5.74) is 5.82. The van der Waals surface area contributed by atoms with Gasteiger partial charge in [-0.3, -0.25) is 4.79 Å². The number of nitrogens with one attached hydrogen (secondary N) is 1. The van der Waals surface area contributed by atoms with Crippen LogP contribution in [0.25, 0.3) is 0 Å². The van der Waals surface area contributed by atoms with Gasteiger partial charge < -0.3 is 10.6 Å². The van der Waals surface area contributed by atoms with Crippen molar-refractivity contribution in [2.24, 2.45) is 0 Å². The molecule has 1 amide bonds. The maximum atomic E-state index is 12.1. The van der Waals surface area contributed by atoms with Crippen molar-refractivity contribution in [2.75, 3.05) is 26.4 Å². The quantitative estimate of drug-likeness (QED) is 0.775. The molecular weight excluding hydrogens is 358 g/mol. The van der Waals surface area contributed by atoms with Gasteiger partial charge in [-0.2, -0.15) is 0 Å². The van der Waals surface area contributed by atoms with E-state index in [4.69, 9.17) is 17.3 Å². The van der Waals surface area contributed by atoms with Gasteiger partial charge in [-0.1, -0.05) is 11.6 Å². The summed E-state index contributed by atoms with van der Waals surface area (Å²) in [6, 6.07) is 2.68. The molecular formula is C10H13BrClN3O3S. The van der Waals surface area contributed by atoms with Crippen LogP contribution in [0.2, 0.25) is 5.02 Å². The number of hydrogen-bond acceptors (Lipinski definition) is 4. The third-order valence-electron chi connectivity index (χ3n) is 2.23. The van der Waals surface area contributed by atoms with Crippen LogP contribution in [0.5, 0.6) is 0 Å². The highest BCUT2D eigenvalue weighted by Gasteiger charge is 2.21. The molecule has 0 aliphatic rings. The van der Waals surface area contributed by atoms with E-state index in [0.29, 0.717) is 0 Å². The van der Waals surface area contributed by atoms with Crippen LogP contribution in [0.4, 0.5) is 5.69 Å². The van der Waals surface area contributed by atoms with Crippen LogP contribution in [0.3, 0.4) is 0 Å². The summed E-state index contributed by atoms with van der Waals surface area (Å²) >= 11 is 8.86. The third kappa shape index (κ3) is 4.07. The number of halogens is 2. The van der Waals surface area contributed by atoms with Crippen molar-refractivity contribution in [3.05, 3.63) is 21.6 Å². The molecule has 0 aromatic heterocycles. The van der Waals surface area contributed by atoms with Gasteiger partial charge in [0.05, 0.1) is 15.9 Å². The third-order valence-corrected chi connectivity index (χ3v) is 5.02. The van der Waals surface area contributed by atoms with Crippen LogP contribution in [0.1, 0.15) is 0 Å². The minimum atomic E-state index is -3.87. The fourth-order valence-corrected chi connectivity index (χ4v) is 3.44. The van der Waals surface area contributed by atoms with E-state index in [2.05, 4.69) is 20.7 Å². The number of likely N-dealkylation sites (N-methyl/N-ethyl adjacent to an activating group) is 1. The molecule has 0 unspecified atom stereocenters. The molecule has 1 aromatic rings. The van der Waals surface area contributed by atoms with E-state index < -0.39 is 10.0 Å². The number of nitrogens with zero attached hydrogens (tertiary/aromatic N) is 1. The summed E-state index contributed by atoms with van der Waals surface area (Å²) in [5.74, 6) is -0.366. The van der Waals surface area contributed by atoms with Crippen LogP contribution in [-0.4, -0.2) is 39.9 Å². The Kier molecular flexibility index (Phi) is 5.19. The highest BCUT2D eigenvalue weighted by atomic mass is 79.9. The average Bonchev–Trinajstić information content (AvgIpc) is 2.30. The first-order chi connectivity index (χ1) is 8.65. The van der Waals surface area contributed by atoms with E-state index in [-0.39, 0.29) is 32.5 Å². The van der Waals surface area contributed by atoms with Gasteiger partial charge >= 0.3 is 0 Å². The maximum absolute atomic E-state index is 12.1. The van der Waals surface area contributed by atoms with Gasteiger partial charge in [0.25, 0.3) is 0 Å². The zero-order chi connectivity index (χ0) is 14.8. The summed E-state index contributed by atoms with van der Waals surface area (Å²) in [6.45, 7) is -0.339. The molecule has 9 heteroatoms. The van der Waals surface area contributed by atoms with Gasteiger partial charge in [-0.15, -0.1) is 0 Å². The molecule has 0 bridgehead atoms. The zero-order valence-electron chi connectivity index (χ0n) is 10.3. The molecule has 19 heavy (non-hydrogen) atoms. The monoisotopic (exact) mass is 369 g/mol. The first-order valence-corrected chi connectivity index (χ1v) is 7.75. The van der Waals surface area contributed by atoms with Crippen LogP contribution in [0, 0.1) is 0 Å². The molecule has 0 heterocycles. The number of carbonyl (C=O) groups excluding carboxylic acids is 1. The summed E-state index contributed by atoms with van der Waals surface area (Å²) in [4.78, 5) is 12.6. The number of anilines is 1. The lowest BCUT2D eigenvalue weighted by Gasteiger charge is -2.13. The Hall–Kier alpha value is -0.830. The van der Waals surface area contributed by atoms with E-state index in [9.17, 15) is 13.2 Å². The molecule has 0 spiro atoms. The van der Waals surface area contributed by atoms with Crippen molar-refractivity contribution in [1.29, 1.82) is 0 Å². The highest BCUT2D eigenvalue weighted by Crippen LogP contribution is 2.31. The summed E-state index contributed by atoms with van der Waals surface area (Å²) < 4.78 is 26.5. The summed E-state index contributed by atoms with van der Waals surface area (Å²) in [5, 5.41) is 0.194. The number of carbonyl (C=O) groups is 1. The van der Waals surface area contributed by atoms with Crippen molar-refractivity contribution >= 4 is 49.1 Å². The lowest BCUT2D eigenvalue weighted by Crippen LogP contribution is -2.36. The second kappa shape index (κ2) is 6.08. The minimum Gasteiger partial charge on any atom is -0.398 e. The molecule has 0 saturated heterocycles. The SMILES string of the molecule is CN(C)C(=O)CNS(=O)(=O)c1cc(Cl)cc(N)c1Br. The molecule has 0 aliphatic heterocycles. The standard InChI is InChI=1S/C10H13BrClN3O3S/c1-15(2)9(16)5-14-19(17,18)8-4-6(12)3-7(13)10(8)11/h3-4,14H,5,13H2,1-2H3. The largest absolute Gasteiger partial charge is 0.398 e. The lowest BCUT2D eigenvalue weighted by atomic mass is 10.3. The number of sulfonamides is 1. The molecule has 0 radical (unpaired) electrons. The zero-order valence-corrected chi connectivity index (χ0v) is 13.4. The van der Waals surface area contributed by atoms with Crippen molar-refractivity contribution in [1.82, 2.24) is 9.62 Å². The predicted octanol–water partition coefficient (Wildman–Crippen LogP) is 1.05.